The SMILES string of the molecule is CC(C)(CCC(=O)O)NC(=O)NC1CCOC1. The summed E-state index contributed by atoms with van der Waals surface area (Å²) >= 11 is 0. The van der Waals surface area contributed by atoms with Gasteiger partial charge in [0, 0.05) is 18.6 Å². The number of carbonyl (C=O) groups excluding carboxylic acids is 1. The summed E-state index contributed by atoms with van der Waals surface area (Å²) < 4.78 is 5.15. The van der Waals surface area contributed by atoms with E-state index in [2.05, 4.69) is 10.6 Å². The van der Waals surface area contributed by atoms with Crippen LogP contribution in [-0.2, 0) is 9.53 Å². The lowest BCUT2D eigenvalue weighted by molar-refractivity contribution is -0.137. The second-order valence-corrected chi connectivity index (χ2v) is 4.94. The van der Waals surface area contributed by atoms with Crippen LogP contribution in [0.4, 0.5) is 4.79 Å². The summed E-state index contributed by atoms with van der Waals surface area (Å²) in [6.07, 6.45) is 1.26. The van der Waals surface area contributed by atoms with E-state index in [1.165, 1.54) is 0 Å². The maximum atomic E-state index is 11.6. The topological polar surface area (TPSA) is 87.7 Å². The molecule has 1 saturated heterocycles. The molecule has 1 fully saturated rings. The molecule has 6 heteroatoms. The zero-order chi connectivity index (χ0) is 12.9. The first-order valence-electron chi connectivity index (χ1n) is 5.77. The number of rotatable bonds is 5. The molecular formula is C11H20N2O4. The van der Waals surface area contributed by atoms with E-state index in [0.29, 0.717) is 19.6 Å². The molecule has 0 aromatic carbocycles. The predicted octanol–water partition coefficient (Wildman–Crippen LogP) is 0.718. The first kappa shape index (κ1) is 13.8. The molecule has 1 aliphatic heterocycles. The number of carboxylic acids is 1. The Kier molecular flexibility index (Phi) is 4.74. The van der Waals surface area contributed by atoms with Crippen molar-refractivity contribution in [2.75, 3.05) is 13.2 Å². The van der Waals surface area contributed by atoms with E-state index in [1.54, 1.807) is 13.8 Å². The minimum Gasteiger partial charge on any atom is -0.481 e. The number of hydrogen-bond donors (Lipinski definition) is 3. The normalized spacial score (nSPS) is 20.0. The van der Waals surface area contributed by atoms with Gasteiger partial charge in [-0.2, -0.15) is 0 Å². The fraction of sp³-hybridized carbons (Fsp3) is 0.818. The average molecular weight is 244 g/mol. The Morgan fingerprint density at radius 3 is 2.71 bits per heavy atom. The Balaban J connectivity index is 2.29. The van der Waals surface area contributed by atoms with Crippen LogP contribution in [0.15, 0.2) is 0 Å². The summed E-state index contributed by atoms with van der Waals surface area (Å²) in [5, 5.41) is 14.2. The Morgan fingerprint density at radius 1 is 1.47 bits per heavy atom. The summed E-state index contributed by atoms with van der Waals surface area (Å²) in [7, 11) is 0. The molecule has 0 aromatic heterocycles. The van der Waals surface area contributed by atoms with Gasteiger partial charge >= 0.3 is 12.0 Å². The molecule has 0 spiro atoms. The van der Waals surface area contributed by atoms with Crippen molar-refractivity contribution < 1.29 is 19.4 Å². The molecule has 0 bridgehead atoms. The molecule has 2 amide bonds. The van der Waals surface area contributed by atoms with Gasteiger partial charge in [-0.1, -0.05) is 0 Å². The van der Waals surface area contributed by atoms with Gasteiger partial charge in [-0.15, -0.1) is 0 Å². The minimum absolute atomic E-state index is 0.0415. The minimum atomic E-state index is -0.857. The second-order valence-electron chi connectivity index (χ2n) is 4.94. The van der Waals surface area contributed by atoms with Crippen LogP contribution in [-0.4, -0.2) is 41.9 Å². The average Bonchev–Trinajstić information content (AvgIpc) is 2.66. The summed E-state index contributed by atoms with van der Waals surface area (Å²) in [6.45, 7) is 4.83. The fourth-order valence-electron chi connectivity index (χ4n) is 1.66. The third-order valence-electron chi connectivity index (χ3n) is 2.68. The van der Waals surface area contributed by atoms with Crippen molar-refractivity contribution in [3.8, 4) is 0 Å². The number of hydrogen-bond acceptors (Lipinski definition) is 3. The van der Waals surface area contributed by atoms with Gasteiger partial charge in [0.15, 0.2) is 0 Å². The number of urea groups is 1. The first-order valence-corrected chi connectivity index (χ1v) is 5.77. The highest BCUT2D eigenvalue weighted by molar-refractivity contribution is 5.75. The number of ether oxygens (including phenoxy) is 1. The molecule has 3 N–H and O–H groups in total. The van der Waals surface area contributed by atoms with Crippen molar-refractivity contribution >= 4 is 12.0 Å². The molecule has 0 radical (unpaired) electrons. The van der Waals surface area contributed by atoms with Gasteiger partial charge in [-0.3, -0.25) is 4.79 Å². The van der Waals surface area contributed by atoms with Crippen LogP contribution in [0.25, 0.3) is 0 Å². The summed E-state index contributed by atoms with van der Waals surface area (Å²) in [6, 6.07) is -0.207. The van der Waals surface area contributed by atoms with E-state index in [0.717, 1.165) is 6.42 Å². The van der Waals surface area contributed by atoms with E-state index in [1.807, 2.05) is 0 Å². The molecule has 1 rings (SSSR count). The molecule has 6 nitrogen and oxygen atoms in total. The quantitative estimate of drug-likeness (QED) is 0.665. The molecule has 1 heterocycles. The molecule has 0 aromatic rings. The van der Waals surface area contributed by atoms with Crippen LogP contribution in [0.2, 0.25) is 0 Å². The van der Waals surface area contributed by atoms with Crippen LogP contribution in [0.1, 0.15) is 33.1 Å². The monoisotopic (exact) mass is 244 g/mol. The summed E-state index contributed by atoms with van der Waals surface area (Å²) in [4.78, 5) is 22.1. The van der Waals surface area contributed by atoms with Crippen molar-refractivity contribution in [1.29, 1.82) is 0 Å². The van der Waals surface area contributed by atoms with Gasteiger partial charge in [0.1, 0.15) is 0 Å². The highest BCUT2D eigenvalue weighted by Gasteiger charge is 2.24. The van der Waals surface area contributed by atoms with E-state index >= 15 is 0 Å². The molecule has 1 aliphatic rings. The van der Waals surface area contributed by atoms with Gasteiger partial charge < -0.3 is 20.5 Å². The fourth-order valence-corrected chi connectivity index (χ4v) is 1.66. The standard InChI is InChI=1S/C11H20N2O4/c1-11(2,5-3-9(14)15)13-10(16)12-8-4-6-17-7-8/h8H,3-7H2,1-2H3,(H,14,15)(H2,12,13,16). The molecule has 0 aliphatic carbocycles. The summed E-state index contributed by atoms with van der Waals surface area (Å²) in [5.41, 5.74) is -0.526. The van der Waals surface area contributed by atoms with Crippen molar-refractivity contribution in [3.63, 3.8) is 0 Å². The van der Waals surface area contributed by atoms with Gasteiger partial charge in [0.05, 0.1) is 12.6 Å². The zero-order valence-corrected chi connectivity index (χ0v) is 10.3. The Morgan fingerprint density at radius 2 is 2.18 bits per heavy atom. The Hall–Kier alpha value is -1.30. The van der Waals surface area contributed by atoms with Gasteiger partial charge in [0.25, 0.3) is 0 Å². The molecule has 1 unspecified atom stereocenters. The van der Waals surface area contributed by atoms with E-state index < -0.39 is 11.5 Å². The number of amides is 2. The van der Waals surface area contributed by atoms with Crippen molar-refractivity contribution in [1.82, 2.24) is 10.6 Å². The van der Waals surface area contributed by atoms with Crippen LogP contribution in [0.5, 0.6) is 0 Å². The number of nitrogens with one attached hydrogen (secondary N) is 2. The molecule has 17 heavy (non-hydrogen) atoms. The van der Waals surface area contributed by atoms with E-state index in [9.17, 15) is 9.59 Å². The van der Waals surface area contributed by atoms with Crippen LogP contribution in [0, 0.1) is 0 Å². The number of aliphatic carboxylic acids is 1. The maximum absolute atomic E-state index is 11.6. The van der Waals surface area contributed by atoms with Crippen LogP contribution < -0.4 is 10.6 Å². The number of carbonyl (C=O) groups is 2. The highest BCUT2D eigenvalue weighted by Crippen LogP contribution is 2.11. The lowest BCUT2D eigenvalue weighted by Gasteiger charge is -2.26. The maximum Gasteiger partial charge on any atom is 0.315 e. The number of carboxylic acid groups (broad SMARTS) is 1. The first-order chi connectivity index (χ1) is 7.89. The second kappa shape index (κ2) is 5.86. The Bertz CT molecular complexity index is 285. The van der Waals surface area contributed by atoms with Gasteiger partial charge in [0.2, 0.25) is 0 Å². The Labute approximate surface area is 101 Å². The lowest BCUT2D eigenvalue weighted by atomic mass is 9.99. The smallest absolute Gasteiger partial charge is 0.315 e. The largest absolute Gasteiger partial charge is 0.481 e. The predicted molar refractivity (Wildman–Crippen MR) is 61.8 cm³/mol. The van der Waals surface area contributed by atoms with Gasteiger partial charge in [-0.05, 0) is 26.7 Å². The molecule has 98 valence electrons. The van der Waals surface area contributed by atoms with Crippen molar-refractivity contribution in [2.24, 2.45) is 0 Å². The molecule has 0 saturated carbocycles. The summed E-state index contributed by atoms with van der Waals surface area (Å²) in [5.74, 6) is -0.857. The van der Waals surface area contributed by atoms with Crippen molar-refractivity contribution in [2.45, 2.75) is 44.7 Å². The van der Waals surface area contributed by atoms with E-state index in [4.69, 9.17) is 9.84 Å². The van der Waals surface area contributed by atoms with E-state index in [-0.39, 0.29) is 18.5 Å². The highest BCUT2D eigenvalue weighted by atomic mass is 16.5. The lowest BCUT2D eigenvalue weighted by Crippen LogP contribution is -2.51. The van der Waals surface area contributed by atoms with Crippen molar-refractivity contribution in [3.05, 3.63) is 0 Å². The van der Waals surface area contributed by atoms with Crippen LogP contribution >= 0.6 is 0 Å². The van der Waals surface area contributed by atoms with Crippen LogP contribution in [0.3, 0.4) is 0 Å². The third kappa shape index (κ3) is 5.53. The molecule has 1 atom stereocenters. The zero-order valence-electron chi connectivity index (χ0n) is 10.3. The third-order valence-corrected chi connectivity index (χ3v) is 2.68. The van der Waals surface area contributed by atoms with Gasteiger partial charge in [-0.25, -0.2) is 4.79 Å². The molecular weight excluding hydrogens is 224 g/mol.